The van der Waals surface area contributed by atoms with Crippen LogP contribution in [0, 0.1) is 12.7 Å². The number of aryl methyl sites for hydroxylation is 1. The van der Waals surface area contributed by atoms with Crippen molar-refractivity contribution in [3.05, 3.63) is 53.2 Å². The van der Waals surface area contributed by atoms with E-state index in [2.05, 4.69) is 0 Å². The van der Waals surface area contributed by atoms with Gasteiger partial charge in [0.15, 0.2) is 0 Å². The highest BCUT2D eigenvalue weighted by Gasteiger charge is 2.16. The molecule has 1 atom stereocenters. The number of furan rings is 1. The van der Waals surface area contributed by atoms with Crippen LogP contribution in [0.1, 0.15) is 30.2 Å². The maximum atomic E-state index is 14.3. The fourth-order valence-electron chi connectivity index (χ4n) is 2.49. The van der Waals surface area contributed by atoms with E-state index in [-0.39, 0.29) is 11.9 Å². The third-order valence-electron chi connectivity index (χ3n) is 3.83. The summed E-state index contributed by atoms with van der Waals surface area (Å²) in [5.74, 6) is 0.657. The van der Waals surface area contributed by atoms with Crippen molar-refractivity contribution < 1.29 is 8.81 Å². The van der Waals surface area contributed by atoms with Crippen molar-refractivity contribution >= 4 is 5.69 Å². The van der Waals surface area contributed by atoms with Crippen molar-refractivity contribution in [2.45, 2.75) is 39.3 Å². The lowest BCUT2D eigenvalue weighted by Gasteiger charge is -2.24. The van der Waals surface area contributed by atoms with Gasteiger partial charge in [-0.3, -0.25) is 0 Å². The highest BCUT2D eigenvalue weighted by atomic mass is 19.1. The van der Waals surface area contributed by atoms with Gasteiger partial charge in [0.05, 0.1) is 12.0 Å². The smallest absolute Gasteiger partial charge is 0.146 e. The topological polar surface area (TPSA) is 42.4 Å². The van der Waals surface area contributed by atoms with Crippen LogP contribution in [0.2, 0.25) is 0 Å². The first-order valence-electron chi connectivity index (χ1n) is 7.30. The van der Waals surface area contributed by atoms with E-state index in [0.717, 1.165) is 23.3 Å². The fourth-order valence-corrected chi connectivity index (χ4v) is 2.49. The fraction of sp³-hybridized carbons (Fsp3) is 0.412. The van der Waals surface area contributed by atoms with Crippen LogP contribution in [-0.2, 0) is 13.0 Å². The lowest BCUT2D eigenvalue weighted by Crippen LogP contribution is -2.25. The summed E-state index contributed by atoms with van der Waals surface area (Å²) in [6, 6.07) is 7.16. The monoisotopic (exact) mass is 290 g/mol. The average molecular weight is 290 g/mol. The van der Waals surface area contributed by atoms with Crippen molar-refractivity contribution in [2.75, 3.05) is 11.9 Å². The van der Waals surface area contributed by atoms with Crippen molar-refractivity contribution in [2.24, 2.45) is 5.73 Å². The highest BCUT2D eigenvalue weighted by molar-refractivity contribution is 5.55. The van der Waals surface area contributed by atoms with E-state index in [4.69, 9.17) is 10.2 Å². The lowest BCUT2D eigenvalue weighted by atomic mass is 10.0. The molecule has 2 rings (SSSR count). The molecule has 1 aromatic carbocycles. The van der Waals surface area contributed by atoms with Gasteiger partial charge in [-0.1, -0.05) is 19.1 Å². The van der Waals surface area contributed by atoms with Crippen molar-refractivity contribution in [1.29, 1.82) is 0 Å². The molecule has 2 N–H and O–H groups in total. The molecule has 1 unspecified atom stereocenters. The van der Waals surface area contributed by atoms with Crippen molar-refractivity contribution in [3.8, 4) is 0 Å². The molecule has 4 heteroatoms. The van der Waals surface area contributed by atoms with Crippen molar-refractivity contribution in [1.82, 2.24) is 0 Å². The molecule has 0 saturated carbocycles. The van der Waals surface area contributed by atoms with Crippen molar-refractivity contribution in [3.63, 3.8) is 0 Å². The van der Waals surface area contributed by atoms with Crippen LogP contribution in [0.3, 0.4) is 0 Å². The number of hydrogen-bond donors (Lipinski definition) is 1. The van der Waals surface area contributed by atoms with Gasteiger partial charge in [0.1, 0.15) is 11.6 Å². The standard InChI is InChI=1S/C17H23FN2O/c1-4-15(19)10-13-6-5-7-16(18)17(13)20(3)11-14-8-9-21-12(14)2/h5-9,15H,4,10-11,19H2,1-3H3. The number of para-hydroxylation sites is 1. The number of benzene rings is 1. The quantitative estimate of drug-likeness (QED) is 0.883. The van der Waals surface area contributed by atoms with Gasteiger partial charge < -0.3 is 15.1 Å². The molecule has 0 saturated heterocycles. The first-order chi connectivity index (χ1) is 10.0. The Morgan fingerprint density at radius 2 is 2.05 bits per heavy atom. The normalized spacial score (nSPS) is 12.4. The number of anilines is 1. The van der Waals surface area contributed by atoms with E-state index in [1.54, 1.807) is 12.3 Å². The van der Waals surface area contributed by atoms with Crippen LogP contribution in [0.25, 0.3) is 0 Å². The Morgan fingerprint density at radius 1 is 1.29 bits per heavy atom. The van der Waals surface area contributed by atoms with Gasteiger partial charge in [-0.2, -0.15) is 0 Å². The third-order valence-corrected chi connectivity index (χ3v) is 3.83. The molecule has 21 heavy (non-hydrogen) atoms. The zero-order valence-electron chi connectivity index (χ0n) is 12.9. The minimum atomic E-state index is -0.209. The number of nitrogens with two attached hydrogens (primary N) is 1. The van der Waals surface area contributed by atoms with E-state index in [1.807, 2.05) is 37.9 Å². The zero-order chi connectivity index (χ0) is 15.4. The van der Waals surface area contributed by atoms with E-state index < -0.39 is 0 Å². The summed E-state index contributed by atoms with van der Waals surface area (Å²) in [5, 5.41) is 0. The van der Waals surface area contributed by atoms with E-state index >= 15 is 0 Å². The molecule has 2 aromatic rings. The van der Waals surface area contributed by atoms with E-state index in [0.29, 0.717) is 18.7 Å². The van der Waals surface area contributed by atoms with E-state index in [9.17, 15) is 4.39 Å². The maximum absolute atomic E-state index is 14.3. The number of rotatable bonds is 6. The van der Waals surface area contributed by atoms with Crippen LogP contribution < -0.4 is 10.6 Å². The first kappa shape index (κ1) is 15.6. The summed E-state index contributed by atoms with van der Waals surface area (Å²) in [6.07, 6.45) is 3.21. The second kappa shape index (κ2) is 6.76. The predicted molar refractivity (Wildman–Crippen MR) is 83.9 cm³/mol. The molecule has 0 spiro atoms. The third kappa shape index (κ3) is 3.64. The van der Waals surface area contributed by atoms with Gasteiger partial charge in [0.25, 0.3) is 0 Å². The Morgan fingerprint density at radius 3 is 2.67 bits per heavy atom. The molecule has 0 fully saturated rings. The minimum Gasteiger partial charge on any atom is -0.469 e. The molecule has 1 aromatic heterocycles. The highest BCUT2D eigenvalue weighted by Crippen LogP contribution is 2.27. The van der Waals surface area contributed by atoms with Gasteiger partial charge in [-0.15, -0.1) is 0 Å². The Bertz CT molecular complexity index is 594. The Hall–Kier alpha value is -1.81. The summed E-state index contributed by atoms with van der Waals surface area (Å²) >= 11 is 0. The summed E-state index contributed by atoms with van der Waals surface area (Å²) in [4.78, 5) is 1.92. The molecule has 1 heterocycles. The van der Waals surface area contributed by atoms with Gasteiger partial charge in [-0.25, -0.2) is 4.39 Å². The molecular weight excluding hydrogens is 267 g/mol. The zero-order valence-corrected chi connectivity index (χ0v) is 12.9. The molecule has 3 nitrogen and oxygen atoms in total. The number of hydrogen-bond acceptors (Lipinski definition) is 3. The molecule has 0 bridgehead atoms. The molecule has 0 aliphatic carbocycles. The summed E-state index contributed by atoms with van der Waals surface area (Å²) in [6.45, 7) is 4.57. The van der Waals surface area contributed by atoms with Gasteiger partial charge in [-0.05, 0) is 37.5 Å². The Labute approximate surface area is 125 Å². The van der Waals surface area contributed by atoms with Crippen LogP contribution in [0.4, 0.5) is 10.1 Å². The first-order valence-corrected chi connectivity index (χ1v) is 7.30. The molecular formula is C17H23FN2O. The van der Waals surface area contributed by atoms with Gasteiger partial charge in [0, 0.05) is 25.2 Å². The van der Waals surface area contributed by atoms with Gasteiger partial charge >= 0.3 is 0 Å². The summed E-state index contributed by atoms with van der Waals surface area (Å²) in [7, 11) is 1.89. The van der Waals surface area contributed by atoms with Crippen LogP contribution in [0.5, 0.6) is 0 Å². The second-order valence-electron chi connectivity index (χ2n) is 5.48. The van der Waals surface area contributed by atoms with Crippen LogP contribution >= 0.6 is 0 Å². The van der Waals surface area contributed by atoms with Gasteiger partial charge in [0.2, 0.25) is 0 Å². The average Bonchev–Trinajstić information content (AvgIpc) is 2.84. The lowest BCUT2D eigenvalue weighted by molar-refractivity contribution is 0.529. The summed E-state index contributed by atoms with van der Waals surface area (Å²) < 4.78 is 19.6. The SMILES string of the molecule is CCC(N)Cc1cccc(F)c1N(C)Cc1ccoc1C. The van der Waals surface area contributed by atoms with E-state index in [1.165, 1.54) is 6.07 Å². The predicted octanol–water partition coefficient (Wildman–Crippen LogP) is 3.64. The molecule has 0 aliphatic heterocycles. The molecule has 0 amide bonds. The molecule has 0 aliphatic rings. The number of halogens is 1. The van der Waals surface area contributed by atoms with Crippen LogP contribution in [0.15, 0.2) is 34.9 Å². The van der Waals surface area contributed by atoms with Crippen LogP contribution in [-0.4, -0.2) is 13.1 Å². The largest absolute Gasteiger partial charge is 0.469 e. The maximum Gasteiger partial charge on any atom is 0.146 e. The molecule has 0 radical (unpaired) electrons. The number of nitrogens with zero attached hydrogens (tertiary/aromatic N) is 1. The molecule has 114 valence electrons. The Balaban J connectivity index is 2.26. The Kier molecular flexibility index (Phi) is 5.02. The second-order valence-corrected chi connectivity index (χ2v) is 5.48. The minimum absolute atomic E-state index is 0.0506. The summed E-state index contributed by atoms with van der Waals surface area (Å²) in [5.41, 5.74) is 8.67.